The van der Waals surface area contributed by atoms with E-state index >= 15 is 0 Å². The van der Waals surface area contributed by atoms with Gasteiger partial charge in [0.1, 0.15) is 11.0 Å². The zero-order valence-corrected chi connectivity index (χ0v) is 20.7. The lowest BCUT2D eigenvalue weighted by molar-refractivity contribution is -0.128. The Morgan fingerprint density at radius 2 is 1.66 bits per heavy atom. The smallest absolute Gasteiger partial charge is 0.249 e. The van der Waals surface area contributed by atoms with Gasteiger partial charge >= 0.3 is 0 Å². The topological polar surface area (TPSA) is 84.0 Å². The number of amides is 2. The van der Waals surface area contributed by atoms with Crippen molar-refractivity contribution in [3.8, 4) is 10.6 Å². The maximum atomic E-state index is 13.1. The number of carbonyl (C=O) groups excluding carboxylic acids is 2. The molecule has 3 rings (SSSR count). The number of aromatic nitrogens is 2. The van der Waals surface area contributed by atoms with E-state index in [4.69, 9.17) is 0 Å². The lowest BCUT2D eigenvalue weighted by atomic mass is 9.93. The molecule has 2 N–H and O–H groups in total. The van der Waals surface area contributed by atoms with Gasteiger partial charge in [-0.05, 0) is 30.0 Å². The molecule has 0 saturated carbocycles. The molecule has 0 aliphatic rings. The Labute approximate surface area is 201 Å². The van der Waals surface area contributed by atoms with E-state index in [1.807, 2.05) is 75.4 Å². The summed E-state index contributed by atoms with van der Waals surface area (Å²) in [5, 5.41) is 15.2. The summed E-state index contributed by atoms with van der Waals surface area (Å²) < 4.78 is 0.979. The zero-order valence-electron chi connectivity index (χ0n) is 18.3. The molecule has 0 saturated heterocycles. The third kappa shape index (κ3) is 6.01. The van der Waals surface area contributed by atoms with Crippen LogP contribution in [0.5, 0.6) is 0 Å². The largest absolute Gasteiger partial charge is 0.344 e. The summed E-state index contributed by atoms with van der Waals surface area (Å²) in [4.78, 5) is 26.2. The van der Waals surface area contributed by atoms with E-state index < -0.39 is 6.04 Å². The van der Waals surface area contributed by atoms with Crippen LogP contribution < -0.4 is 10.6 Å². The van der Waals surface area contributed by atoms with Gasteiger partial charge in [0.25, 0.3) is 0 Å². The predicted molar refractivity (Wildman–Crippen MR) is 133 cm³/mol. The summed E-state index contributed by atoms with van der Waals surface area (Å²) >= 11 is 4.72. The number of hydrogen-bond donors (Lipinski definition) is 2. The number of rotatable bonds is 9. The molecule has 0 bridgehead atoms. The van der Waals surface area contributed by atoms with Crippen LogP contribution in [0.15, 0.2) is 59.1 Å². The second-order valence-corrected chi connectivity index (χ2v) is 9.55. The first-order valence-electron chi connectivity index (χ1n) is 10.7. The van der Waals surface area contributed by atoms with Gasteiger partial charge in [0.15, 0.2) is 0 Å². The van der Waals surface area contributed by atoms with Gasteiger partial charge in [-0.2, -0.15) is 0 Å². The van der Waals surface area contributed by atoms with Crippen LogP contribution in [0.2, 0.25) is 0 Å². The molecule has 0 aliphatic heterocycles. The summed E-state index contributed by atoms with van der Waals surface area (Å²) in [6, 6.07) is 16.7. The number of carbonyl (C=O) groups is 2. The lowest BCUT2D eigenvalue weighted by Crippen LogP contribution is -2.49. The third-order valence-electron chi connectivity index (χ3n) is 5.47. The highest BCUT2D eigenvalue weighted by molar-refractivity contribution is 9.10. The van der Waals surface area contributed by atoms with Crippen LogP contribution in [0.4, 0.5) is 5.13 Å². The minimum Gasteiger partial charge on any atom is -0.344 e. The number of halogens is 1. The van der Waals surface area contributed by atoms with E-state index in [1.54, 1.807) is 0 Å². The molecule has 0 spiro atoms. The summed E-state index contributed by atoms with van der Waals surface area (Å²) in [5.41, 5.74) is 1.87. The van der Waals surface area contributed by atoms with Gasteiger partial charge in [0.05, 0.1) is 5.92 Å². The Morgan fingerprint density at radius 1 is 0.969 bits per heavy atom. The molecule has 3 unspecified atom stereocenters. The number of nitrogens with one attached hydrogen (secondary N) is 2. The van der Waals surface area contributed by atoms with E-state index in [0.717, 1.165) is 22.0 Å². The summed E-state index contributed by atoms with van der Waals surface area (Å²) in [7, 11) is 0. The average Bonchev–Trinajstić information content (AvgIpc) is 3.27. The van der Waals surface area contributed by atoms with Crippen molar-refractivity contribution in [1.29, 1.82) is 0 Å². The Kier molecular flexibility index (Phi) is 8.53. The fraction of sp³-hybridized carbons (Fsp3) is 0.333. The summed E-state index contributed by atoms with van der Waals surface area (Å²) in [5.74, 6) is -0.770. The SMILES string of the molecule is CCC(C(=O)NC(C(=O)Nc1nnc(-c2ccc(Br)cc2)s1)C(C)CC)c1ccccc1. The Balaban J connectivity index is 1.72. The van der Waals surface area contributed by atoms with Crippen LogP contribution in [0.25, 0.3) is 10.6 Å². The maximum Gasteiger partial charge on any atom is 0.249 e. The van der Waals surface area contributed by atoms with Gasteiger partial charge < -0.3 is 5.32 Å². The fourth-order valence-electron chi connectivity index (χ4n) is 3.38. The molecule has 6 nitrogen and oxygen atoms in total. The van der Waals surface area contributed by atoms with Crippen LogP contribution in [-0.2, 0) is 9.59 Å². The molecule has 1 heterocycles. The highest BCUT2D eigenvalue weighted by atomic mass is 79.9. The molecule has 1 aromatic heterocycles. The number of anilines is 1. The Bertz CT molecular complexity index is 1040. The average molecular weight is 515 g/mol. The summed E-state index contributed by atoms with van der Waals surface area (Å²) in [6.45, 7) is 5.93. The van der Waals surface area contributed by atoms with Crippen LogP contribution in [0.1, 0.15) is 45.1 Å². The maximum absolute atomic E-state index is 13.1. The fourth-order valence-corrected chi connectivity index (χ4v) is 4.40. The number of nitrogens with zero attached hydrogens (tertiary/aromatic N) is 2. The van der Waals surface area contributed by atoms with Crippen molar-refractivity contribution in [3.05, 3.63) is 64.6 Å². The van der Waals surface area contributed by atoms with Crippen molar-refractivity contribution in [2.45, 2.75) is 45.6 Å². The highest BCUT2D eigenvalue weighted by Gasteiger charge is 2.29. The minimum atomic E-state index is -0.662. The van der Waals surface area contributed by atoms with Gasteiger partial charge in [-0.25, -0.2) is 0 Å². The van der Waals surface area contributed by atoms with E-state index in [2.05, 4.69) is 36.8 Å². The molecular weight excluding hydrogens is 488 g/mol. The number of hydrogen-bond acceptors (Lipinski definition) is 5. The van der Waals surface area contributed by atoms with Crippen LogP contribution >= 0.6 is 27.3 Å². The standard InChI is InChI=1S/C24H27BrN4O2S/c1-4-15(3)20(26-21(30)19(5-2)16-9-7-6-8-10-16)22(31)27-24-29-28-23(32-24)17-11-13-18(25)14-12-17/h6-15,19-20H,4-5H2,1-3H3,(H,26,30)(H,27,29,31). The molecule has 168 valence electrons. The zero-order chi connectivity index (χ0) is 23.1. The second-order valence-electron chi connectivity index (χ2n) is 7.65. The van der Waals surface area contributed by atoms with Gasteiger partial charge in [0, 0.05) is 10.0 Å². The molecule has 3 atom stereocenters. The molecule has 2 aromatic carbocycles. The molecule has 2 amide bonds. The van der Waals surface area contributed by atoms with Gasteiger partial charge in [-0.15, -0.1) is 10.2 Å². The van der Waals surface area contributed by atoms with Crippen molar-refractivity contribution >= 4 is 44.2 Å². The lowest BCUT2D eigenvalue weighted by Gasteiger charge is -2.25. The first kappa shape index (κ1) is 24.1. The molecule has 3 aromatic rings. The van der Waals surface area contributed by atoms with Crippen molar-refractivity contribution in [2.24, 2.45) is 5.92 Å². The molecule has 0 aliphatic carbocycles. The quantitative estimate of drug-likeness (QED) is 0.387. The van der Waals surface area contributed by atoms with Crippen LogP contribution in [-0.4, -0.2) is 28.1 Å². The highest BCUT2D eigenvalue weighted by Crippen LogP contribution is 2.28. The van der Waals surface area contributed by atoms with Crippen molar-refractivity contribution in [3.63, 3.8) is 0 Å². The van der Waals surface area contributed by atoms with Gasteiger partial charge in [-0.3, -0.25) is 14.9 Å². The Hall–Kier alpha value is -2.58. The first-order valence-corrected chi connectivity index (χ1v) is 12.3. The normalized spacial score (nSPS) is 13.8. The van der Waals surface area contributed by atoms with Crippen molar-refractivity contribution < 1.29 is 9.59 Å². The van der Waals surface area contributed by atoms with Crippen LogP contribution in [0, 0.1) is 5.92 Å². The van der Waals surface area contributed by atoms with Crippen molar-refractivity contribution in [1.82, 2.24) is 15.5 Å². The van der Waals surface area contributed by atoms with E-state index in [-0.39, 0.29) is 23.7 Å². The van der Waals surface area contributed by atoms with Crippen LogP contribution in [0.3, 0.4) is 0 Å². The molecular formula is C24H27BrN4O2S. The molecule has 8 heteroatoms. The second kappa shape index (κ2) is 11.3. The monoisotopic (exact) mass is 514 g/mol. The Morgan fingerprint density at radius 3 is 2.28 bits per heavy atom. The predicted octanol–water partition coefficient (Wildman–Crippen LogP) is 5.63. The van der Waals surface area contributed by atoms with E-state index in [1.165, 1.54) is 11.3 Å². The van der Waals surface area contributed by atoms with Gasteiger partial charge in [0.2, 0.25) is 16.9 Å². The third-order valence-corrected chi connectivity index (χ3v) is 6.88. The molecule has 0 radical (unpaired) electrons. The van der Waals surface area contributed by atoms with E-state index in [9.17, 15) is 9.59 Å². The van der Waals surface area contributed by atoms with Crippen molar-refractivity contribution in [2.75, 3.05) is 5.32 Å². The minimum absolute atomic E-state index is 0.0360. The van der Waals surface area contributed by atoms with E-state index in [0.29, 0.717) is 16.6 Å². The summed E-state index contributed by atoms with van der Waals surface area (Å²) in [6.07, 6.45) is 1.40. The number of benzene rings is 2. The molecule has 0 fully saturated rings. The van der Waals surface area contributed by atoms with Gasteiger partial charge in [-0.1, -0.05) is 96.9 Å². The first-order chi connectivity index (χ1) is 15.4. The molecule has 32 heavy (non-hydrogen) atoms.